The molecule has 3 heterocycles. The van der Waals surface area contributed by atoms with Gasteiger partial charge in [-0.1, -0.05) is 25.7 Å². The average molecular weight is 505 g/mol. The Morgan fingerprint density at radius 2 is 0.647 bits per heavy atom. The van der Waals surface area contributed by atoms with E-state index in [1.54, 1.807) is 24.3 Å². The van der Waals surface area contributed by atoms with Gasteiger partial charge in [0.2, 0.25) is 0 Å². The SMILES string of the molecule is O=C1NCCCCCCNC(=O)c2ccc(s2)C(=O)NCCCCCCNC(=O)c2ccc1s2. The molecular formula is C24H32N4O4S2. The van der Waals surface area contributed by atoms with Crippen molar-refractivity contribution in [3.63, 3.8) is 0 Å². The van der Waals surface area contributed by atoms with Gasteiger partial charge in [0.05, 0.1) is 19.5 Å². The zero-order valence-corrected chi connectivity index (χ0v) is 20.9. The van der Waals surface area contributed by atoms with Crippen molar-refractivity contribution in [3.8, 4) is 0 Å². The average Bonchev–Trinajstić information content (AvgIpc) is 3.52. The zero-order valence-electron chi connectivity index (χ0n) is 19.2. The first kappa shape index (κ1) is 25.9. The van der Waals surface area contributed by atoms with Crippen molar-refractivity contribution < 1.29 is 19.2 Å². The second-order valence-corrected chi connectivity index (χ2v) is 10.3. The summed E-state index contributed by atoms with van der Waals surface area (Å²) in [5.74, 6) is -0.611. The second-order valence-electron chi connectivity index (χ2n) is 8.18. The van der Waals surface area contributed by atoms with Crippen molar-refractivity contribution in [3.05, 3.63) is 43.8 Å². The van der Waals surface area contributed by atoms with Crippen molar-refractivity contribution in [1.82, 2.24) is 21.3 Å². The fourth-order valence-corrected chi connectivity index (χ4v) is 5.20. The predicted octanol–water partition coefficient (Wildman–Crippen LogP) is 3.56. The van der Waals surface area contributed by atoms with Gasteiger partial charge < -0.3 is 21.3 Å². The molecule has 3 rings (SSSR count). The van der Waals surface area contributed by atoms with Crippen molar-refractivity contribution in [2.75, 3.05) is 26.2 Å². The van der Waals surface area contributed by atoms with Crippen LogP contribution in [0.2, 0.25) is 0 Å². The van der Waals surface area contributed by atoms with Crippen LogP contribution in [0.4, 0.5) is 0 Å². The highest BCUT2D eigenvalue weighted by molar-refractivity contribution is 7.16. The first-order valence-corrected chi connectivity index (χ1v) is 13.5. The van der Waals surface area contributed by atoms with E-state index in [0.717, 1.165) is 51.4 Å². The summed E-state index contributed by atoms with van der Waals surface area (Å²) in [4.78, 5) is 51.4. The molecule has 2 aromatic heterocycles. The van der Waals surface area contributed by atoms with Crippen LogP contribution in [-0.4, -0.2) is 49.8 Å². The number of fused-ring (bicyclic) bond motifs is 4. The molecule has 0 atom stereocenters. The molecule has 1 aliphatic heterocycles. The molecule has 8 nitrogen and oxygen atoms in total. The Balaban J connectivity index is 1.51. The first-order valence-electron chi connectivity index (χ1n) is 11.9. The number of nitrogens with one attached hydrogen (secondary N) is 4. The molecule has 10 heteroatoms. The molecule has 0 radical (unpaired) electrons. The van der Waals surface area contributed by atoms with Gasteiger partial charge in [-0.2, -0.15) is 0 Å². The van der Waals surface area contributed by atoms with E-state index in [-0.39, 0.29) is 23.6 Å². The lowest BCUT2D eigenvalue weighted by atomic mass is 10.2. The molecule has 4 N–H and O–H groups in total. The molecule has 0 spiro atoms. The van der Waals surface area contributed by atoms with Crippen LogP contribution in [0, 0.1) is 0 Å². The van der Waals surface area contributed by atoms with Gasteiger partial charge in [-0.3, -0.25) is 19.2 Å². The highest BCUT2D eigenvalue weighted by Crippen LogP contribution is 2.17. The first-order chi connectivity index (χ1) is 16.5. The maximum absolute atomic E-state index is 12.3. The smallest absolute Gasteiger partial charge is 0.261 e. The maximum Gasteiger partial charge on any atom is 0.261 e. The van der Waals surface area contributed by atoms with Crippen molar-refractivity contribution in [2.45, 2.75) is 51.4 Å². The molecule has 0 aromatic carbocycles. The summed E-state index contributed by atoms with van der Waals surface area (Å²) < 4.78 is 0. The number of amides is 4. The van der Waals surface area contributed by atoms with E-state index < -0.39 is 0 Å². The van der Waals surface area contributed by atoms with Gasteiger partial charge in [0.15, 0.2) is 0 Å². The normalized spacial score (nSPS) is 18.4. The van der Waals surface area contributed by atoms with E-state index in [0.29, 0.717) is 45.7 Å². The molecule has 0 fully saturated rings. The molecule has 4 bridgehead atoms. The van der Waals surface area contributed by atoms with Crippen LogP contribution < -0.4 is 21.3 Å². The predicted molar refractivity (Wildman–Crippen MR) is 135 cm³/mol. The molecule has 0 saturated carbocycles. The van der Waals surface area contributed by atoms with Crippen molar-refractivity contribution >= 4 is 46.3 Å². The lowest BCUT2D eigenvalue weighted by Crippen LogP contribution is -2.25. The fourth-order valence-electron chi connectivity index (χ4n) is 3.53. The molecular weight excluding hydrogens is 472 g/mol. The topological polar surface area (TPSA) is 116 Å². The zero-order chi connectivity index (χ0) is 24.2. The Kier molecular flexibility index (Phi) is 10.6. The van der Waals surface area contributed by atoms with Crippen LogP contribution in [0.5, 0.6) is 0 Å². The van der Waals surface area contributed by atoms with Crippen LogP contribution in [0.3, 0.4) is 0 Å². The molecule has 4 amide bonds. The summed E-state index contributed by atoms with van der Waals surface area (Å²) in [6, 6.07) is 6.76. The van der Waals surface area contributed by atoms with Gasteiger partial charge >= 0.3 is 0 Å². The van der Waals surface area contributed by atoms with Crippen LogP contribution in [-0.2, 0) is 0 Å². The Labute approximate surface area is 207 Å². The number of hydrogen-bond donors (Lipinski definition) is 4. The summed E-state index contributed by atoms with van der Waals surface area (Å²) >= 11 is 2.40. The number of carbonyl (C=O) groups excluding carboxylic acids is 4. The molecule has 1 aliphatic rings. The number of carbonyl (C=O) groups is 4. The third-order valence-electron chi connectivity index (χ3n) is 5.46. The number of thiophene rings is 2. The van der Waals surface area contributed by atoms with Gasteiger partial charge in [-0.05, 0) is 49.9 Å². The van der Waals surface area contributed by atoms with E-state index in [1.165, 1.54) is 22.7 Å². The van der Waals surface area contributed by atoms with Gasteiger partial charge in [0, 0.05) is 26.2 Å². The van der Waals surface area contributed by atoms with Gasteiger partial charge in [0.1, 0.15) is 0 Å². The van der Waals surface area contributed by atoms with E-state index in [2.05, 4.69) is 21.3 Å². The largest absolute Gasteiger partial charge is 0.351 e. The molecule has 0 saturated heterocycles. The number of hydrogen-bond acceptors (Lipinski definition) is 6. The lowest BCUT2D eigenvalue weighted by molar-refractivity contribution is 0.0945. The van der Waals surface area contributed by atoms with Gasteiger partial charge in [-0.25, -0.2) is 0 Å². The van der Waals surface area contributed by atoms with Crippen molar-refractivity contribution in [2.24, 2.45) is 0 Å². The summed E-state index contributed by atoms with van der Waals surface area (Å²) in [5, 5.41) is 11.6. The van der Waals surface area contributed by atoms with Crippen LogP contribution >= 0.6 is 22.7 Å². The number of rotatable bonds is 0. The molecule has 0 aliphatic carbocycles. The van der Waals surface area contributed by atoms with Crippen LogP contribution in [0.1, 0.15) is 90.1 Å². The van der Waals surface area contributed by atoms with E-state index >= 15 is 0 Å². The summed E-state index contributed by atoms with van der Waals surface area (Å²) in [6.07, 6.45) is 7.16. The highest BCUT2D eigenvalue weighted by atomic mass is 32.1. The molecule has 2 aromatic rings. The van der Waals surface area contributed by atoms with E-state index in [9.17, 15) is 19.2 Å². The van der Waals surface area contributed by atoms with Gasteiger partial charge in [-0.15, -0.1) is 22.7 Å². The summed E-state index contributed by atoms with van der Waals surface area (Å²) in [6.45, 7) is 2.30. The minimum Gasteiger partial charge on any atom is -0.351 e. The minimum absolute atomic E-state index is 0.153. The third-order valence-corrected chi connectivity index (χ3v) is 7.62. The van der Waals surface area contributed by atoms with Crippen LogP contribution in [0.15, 0.2) is 24.3 Å². The van der Waals surface area contributed by atoms with Gasteiger partial charge in [0.25, 0.3) is 23.6 Å². The standard InChI is InChI=1S/C24H32N4O4S2/c29-21-17-9-10-19(33-17)23(31)27-15-7-3-4-8-16-28-24(32)20-12-11-18(34-20)22(30)26-14-6-2-1-5-13-25-21/h9-12H,1-8,13-16H2,(H,25,29)(H,26,30)(H,27,31)(H,28,32). The monoisotopic (exact) mass is 504 g/mol. The highest BCUT2D eigenvalue weighted by Gasteiger charge is 2.14. The third kappa shape index (κ3) is 8.25. The van der Waals surface area contributed by atoms with E-state index in [1.807, 2.05) is 0 Å². The molecule has 34 heavy (non-hydrogen) atoms. The Bertz CT molecular complexity index is 834. The van der Waals surface area contributed by atoms with Crippen LogP contribution in [0.25, 0.3) is 0 Å². The Morgan fingerprint density at radius 3 is 0.882 bits per heavy atom. The Morgan fingerprint density at radius 1 is 0.412 bits per heavy atom. The fraction of sp³-hybridized carbons (Fsp3) is 0.500. The van der Waals surface area contributed by atoms with E-state index in [4.69, 9.17) is 0 Å². The molecule has 0 unspecified atom stereocenters. The Hall–Kier alpha value is -2.72. The molecule has 184 valence electrons. The maximum atomic E-state index is 12.3. The lowest BCUT2D eigenvalue weighted by Gasteiger charge is -2.06. The minimum atomic E-state index is -0.153. The summed E-state index contributed by atoms with van der Waals surface area (Å²) in [7, 11) is 0. The van der Waals surface area contributed by atoms with Crippen molar-refractivity contribution in [1.29, 1.82) is 0 Å². The second kappa shape index (κ2) is 13.9. The summed E-state index contributed by atoms with van der Waals surface area (Å²) in [5.41, 5.74) is 0. The quantitative estimate of drug-likeness (QED) is 0.439.